The number of rotatable bonds is 1. The average Bonchev–Trinajstić information content (AvgIpc) is 2.30. The molecule has 86 valence electrons. The Bertz CT molecular complexity index is 227. The number of likely N-dealkylation sites (tertiary alicyclic amines) is 1. The lowest BCUT2D eigenvalue weighted by molar-refractivity contribution is -0.148. The van der Waals surface area contributed by atoms with Crippen LogP contribution in [0.25, 0.3) is 0 Å². The second-order valence-electron chi connectivity index (χ2n) is 4.44. The molecule has 1 N–H and O–H groups in total. The number of hydrogen-bond acceptors (Lipinski definition) is 3. The van der Waals surface area contributed by atoms with E-state index in [0.717, 1.165) is 25.9 Å². The summed E-state index contributed by atoms with van der Waals surface area (Å²) in [5.74, 6) is 0.175. The van der Waals surface area contributed by atoms with Gasteiger partial charge in [0, 0.05) is 25.7 Å². The Morgan fingerprint density at radius 2 is 2.33 bits per heavy atom. The van der Waals surface area contributed by atoms with E-state index in [0.29, 0.717) is 19.2 Å². The first-order valence-electron chi connectivity index (χ1n) is 5.92. The number of carbonyl (C=O) groups excluding carboxylic acids is 1. The summed E-state index contributed by atoms with van der Waals surface area (Å²) >= 11 is 0. The van der Waals surface area contributed by atoms with E-state index in [2.05, 4.69) is 12.2 Å². The summed E-state index contributed by atoms with van der Waals surface area (Å²) in [7, 11) is 0. The Balaban J connectivity index is 1.92. The van der Waals surface area contributed by atoms with Crippen LogP contribution in [0.3, 0.4) is 0 Å². The molecule has 2 rings (SSSR count). The lowest BCUT2D eigenvalue weighted by Gasteiger charge is -2.36. The van der Waals surface area contributed by atoms with Gasteiger partial charge in [0.1, 0.15) is 6.10 Å². The molecule has 4 nitrogen and oxygen atoms in total. The van der Waals surface area contributed by atoms with E-state index in [1.54, 1.807) is 0 Å². The van der Waals surface area contributed by atoms with Crippen LogP contribution < -0.4 is 5.32 Å². The van der Waals surface area contributed by atoms with Crippen LogP contribution in [0.5, 0.6) is 0 Å². The predicted molar refractivity (Wildman–Crippen MR) is 57.6 cm³/mol. The molecule has 0 aromatic heterocycles. The van der Waals surface area contributed by atoms with Crippen LogP contribution in [0, 0.1) is 0 Å². The fourth-order valence-corrected chi connectivity index (χ4v) is 2.33. The second kappa shape index (κ2) is 4.94. The molecule has 2 saturated heterocycles. The van der Waals surface area contributed by atoms with Gasteiger partial charge in [-0.2, -0.15) is 0 Å². The first-order chi connectivity index (χ1) is 7.29. The van der Waals surface area contributed by atoms with Gasteiger partial charge >= 0.3 is 0 Å². The molecule has 0 aliphatic carbocycles. The zero-order valence-corrected chi connectivity index (χ0v) is 9.37. The molecule has 0 aromatic rings. The summed E-state index contributed by atoms with van der Waals surface area (Å²) in [6.07, 6.45) is 3.26. The molecule has 4 heteroatoms. The van der Waals surface area contributed by atoms with Crippen molar-refractivity contribution in [1.82, 2.24) is 10.2 Å². The molecule has 1 amide bonds. The van der Waals surface area contributed by atoms with Crippen LogP contribution in [0.15, 0.2) is 0 Å². The van der Waals surface area contributed by atoms with Gasteiger partial charge in [0.05, 0.1) is 6.61 Å². The summed E-state index contributed by atoms with van der Waals surface area (Å²) in [5.41, 5.74) is 0. The van der Waals surface area contributed by atoms with E-state index in [4.69, 9.17) is 4.74 Å². The smallest absolute Gasteiger partial charge is 0.253 e. The highest BCUT2D eigenvalue weighted by atomic mass is 16.5. The van der Waals surface area contributed by atoms with Crippen LogP contribution in [0.4, 0.5) is 0 Å². The minimum Gasteiger partial charge on any atom is -0.366 e. The summed E-state index contributed by atoms with van der Waals surface area (Å²) < 4.78 is 5.49. The van der Waals surface area contributed by atoms with E-state index in [-0.39, 0.29) is 12.0 Å². The van der Waals surface area contributed by atoms with Gasteiger partial charge < -0.3 is 15.0 Å². The van der Waals surface area contributed by atoms with Gasteiger partial charge in [-0.15, -0.1) is 0 Å². The van der Waals surface area contributed by atoms with Crippen LogP contribution in [0.1, 0.15) is 26.2 Å². The van der Waals surface area contributed by atoms with E-state index in [1.807, 2.05) is 4.90 Å². The van der Waals surface area contributed by atoms with Crippen molar-refractivity contribution in [2.75, 3.05) is 26.2 Å². The van der Waals surface area contributed by atoms with Crippen LogP contribution >= 0.6 is 0 Å². The molecule has 1 unspecified atom stereocenters. The van der Waals surface area contributed by atoms with Crippen molar-refractivity contribution in [2.24, 2.45) is 0 Å². The number of hydrogen-bond donors (Lipinski definition) is 1. The molecule has 2 fully saturated rings. The van der Waals surface area contributed by atoms with Crippen LogP contribution in [-0.4, -0.2) is 49.2 Å². The maximum Gasteiger partial charge on any atom is 0.253 e. The van der Waals surface area contributed by atoms with Crippen molar-refractivity contribution in [3.05, 3.63) is 0 Å². The van der Waals surface area contributed by atoms with Crippen molar-refractivity contribution in [3.63, 3.8) is 0 Å². The fraction of sp³-hybridized carbons (Fsp3) is 0.909. The minimum absolute atomic E-state index is 0.175. The Kier molecular flexibility index (Phi) is 3.59. The third kappa shape index (κ3) is 2.49. The lowest BCUT2D eigenvalue weighted by atomic mass is 10.0. The van der Waals surface area contributed by atoms with Gasteiger partial charge in [0.15, 0.2) is 0 Å². The molecular weight excluding hydrogens is 192 g/mol. The quantitative estimate of drug-likeness (QED) is 0.683. The van der Waals surface area contributed by atoms with Crippen molar-refractivity contribution in [3.8, 4) is 0 Å². The van der Waals surface area contributed by atoms with Gasteiger partial charge in [-0.25, -0.2) is 0 Å². The lowest BCUT2D eigenvalue weighted by Crippen LogP contribution is -2.53. The summed E-state index contributed by atoms with van der Waals surface area (Å²) in [6, 6.07) is 0.386. The molecular formula is C11H20N2O2. The molecule has 2 aliphatic heterocycles. The topological polar surface area (TPSA) is 41.6 Å². The number of amides is 1. The van der Waals surface area contributed by atoms with Crippen molar-refractivity contribution in [2.45, 2.75) is 38.3 Å². The minimum atomic E-state index is -0.251. The SMILES string of the molecule is CC1CCCCN1C(=O)[C@@H]1CNCCO1. The fourth-order valence-electron chi connectivity index (χ4n) is 2.33. The summed E-state index contributed by atoms with van der Waals surface area (Å²) in [6.45, 7) is 5.22. The molecule has 0 bridgehead atoms. The van der Waals surface area contributed by atoms with Gasteiger partial charge in [-0.3, -0.25) is 4.79 Å². The Hall–Kier alpha value is -0.610. The summed E-state index contributed by atoms with van der Waals surface area (Å²) in [4.78, 5) is 14.1. The number of morpholine rings is 1. The van der Waals surface area contributed by atoms with Gasteiger partial charge in [0.2, 0.25) is 0 Å². The van der Waals surface area contributed by atoms with Crippen molar-refractivity contribution < 1.29 is 9.53 Å². The molecule has 0 spiro atoms. The zero-order valence-electron chi connectivity index (χ0n) is 9.37. The molecule has 2 atom stereocenters. The van der Waals surface area contributed by atoms with E-state index >= 15 is 0 Å². The highest BCUT2D eigenvalue weighted by Gasteiger charge is 2.30. The first kappa shape index (κ1) is 10.9. The number of ether oxygens (including phenoxy) is 1. The third-order valence-electron chi connectivity index (χ3n) is 3.29. The monoisotopic (exact) mass is 212 g/mol. The van der Waals surface area contributed by atoms with Crippen LogP contribution in [0.2, 0.25) is 0 Å². The Morgan fingerprint density at radius 3 is 3.00 bits per heavy atom. The van der Waals surface area contributed by atoms with E-state index < -0.39 is 0 Å². The zero-order chi connectivity index (χ0) is 10.7. The van der Waals surface area contributed by atoms with Crippen molar-refractivity contribution in [1.29, 1.82) is 0 Å². The van der Waals surface area contributed by atoms with E-state index in [1.165, 1.54) is 6.42 Å². The number of nitrogens with zero attached hydrogens (tertiary/aromatic N) is 1. The highest BCUT2D eigenvalue weighted by molar-refractivity contribution is 5.81. The Labute approximate surface area is 91.0 Å². The molecule has 0 saturated carbocycles. The first-order valence-corrected chi connectivity index (χ1v) is 5.92. The molecule has 0 aromatic carbocycles. The average molecular weight is 212 g/mol. The predicted octanol–water partition coefficient (Wildman–Crippen LogP) is 0.376. The maximum absolute atomic E-state index is 12.1. The standard InChI is InChI=1S/C11H20N2O2/c1-9-4-2-3-6-13(9)11(14)10-8-12-5-7-15-10/h9-10,12H,2-8H2,1H3/t9?,10-/m0/s1. The molecule has 15 heavy (non-hydrogen) atoms. The van der Waals surface area contributed by atoms with Gasteiger partial charge in [0.25, 0.3) is 5.91 Å². The van der Waals surface area contributed by atoms with Crippen LogP contribution in [-0.2, 0) is 9.53 Å². The summed E-state index contributed by atoms with van der Waals surface area (Å²) in [5, 5.41) is 3.20. The Morgan fingerprint density at radius 1 is 1.47 bits per heavy atom. The van der Waals surface area contributed by atoms with E-state index in [9.17, 15) is 4.79 Å². The van der Waals surface area contributed by atoms with Gasteiger partial charge in [-0.05, 0) is 26.2 Å². The molecule has 2 heterocycles. The third-order valence-corrected chi connectivity index (χ3v) is 3.29. The number of nitrogens with one attached hydrogen (secondary N) is 1. The highest BCUT2D eigenvalue weighted by Crippen LogP contribution is 2.18. The molecule has 2 aliphatic rings. The molecule has 0 radical (unpaired) electrons. The normalized spacial score (nSPS) is 32.7. The maximum atomic E-state index is 12.1. The second-order valence-corrected chi connectivity index (χ2v) is 4.44. The number of carbonyl (C=O) groups is 1. The number of piperidine rings is 1. The van der Waals surface area contributed by atoms with Gasteiger partial charge in [-0.1, -0.05) is 0 Å². The largest absolute Gasteiger partial charge is 0.366 e. The van der Waals surface area contributed by atoms with Crippen molar-refractivity contribution >= 4 is 5.91 Å².